The van der Waals surface area contributed by atoms with Crippen LogP contribution >= 0.6 is 0 Å². The van der Waals surface area contributed by atoms with E-state index < -0.39 is 0 Å². The number of benzene rings is 1. The zero-order chi connectivity index (χ0) is 9.10. The fraction of sp³-hybridized carbons (Fsp3) is 0. The average molecular weight is 171 g/mol. The van der Waals surface area contributed by atoms with Crippen molar-refractivity contribution in [3.63, 3.8) is 0 Å². The highest BCUT2D eigenvalue weighted by Crippen LogP contribution is 2.13. The second-order valence-corrected chi connectivity index (χ2v) is 2.67. The zero-order valence-corrected chi connectivity index (χ0v) is 7.01. The molecule has 0 aliphatic carbocycles. The molecule has 0 unspecified atom stereocenters. The van der Waals surface area contributed by atoms with E-state index in [1.165, 1.54) is 0 Å². The molecule has 0 fully saturated rings. The summed E-state index contributed by atoms with van der Waals surface area (Å²) in [5.41, 5.74) is 6.53. The first-order valence-electron chi connectivity index (χ1n) is 4.00. The van der Waals surface area contributed by atoms with E-state index >= 15 is 0 Å². The Morgan fingerprint density at radius 3 is 2.46 bits per heavy atom. The summed E-state index contributed by atoms with van der Waals surface area (Å²) in [6.07, 6.45) is 1.66. The summed E-state index contributed by atoms with van der Waals surface area (Å²) in [5, 5.41) is 0. The number of hydrogen-bond acceptors (Lipinski definition) is 3. The van der Waals surface area contributed by atoms with Crippen LogP contribution in [-0.2, 0) is 0 Å². The number of rotatable bonds is 1. The molecule has 0 saturated heterocycles. The van der Waals surface area contributed by atoms with E-state index in [4.69, 9.17) is 5.73 Å². The molecule has 0 aliphatic heterocycles. The van der Waals surface area contributed by atoms with Gasteiger partial charge in [-0.3, -0.25) is 0 Å². The smallest absolute Gasteiger partial charge is 0.161 e. The van der Waals surface area contributed by atoms with E-state index in [0.29, 0.717) is 11.6 Å². The predicted octanol–water partition coefficient (Wildman–Crippen LogP) is 1.73. The Hall–Kier alpha value is -1.90. The van der Waals surface area contributed by atoms with Crippen molar-refractivity contribution < 1.29 is 0 Å². The molecule has 1 heterocycles. The van der Waals surface area contributed by atoms with E-state index in [-0.39, 0.29) is 0 Å². The van der Waals surface area contributed by atoms with Crippen molar-refractivity contribution in [1.29, 1.82) is 0 Å². The Morgan fingerprint density at radius 1 is 1.00 bits per heavy atom. The molecule has 3 nitrogen and oxygen atoms in total. The average Bonchev–Trinajstić information content (AvgIpc) is 2.19. The van der Waals surface area contributed by atoms with Crippen LogP contribution in [0.1, 0.15) is 0 Å². The molecule has 1 aromatic carbocycles. The van der Waals surface area contributed by atoms with E-state index in [9.17, 15) is 0 Å². The number of anilines is 1. The van der Waals surface area contributed by atoms with Crippen LogP contribution in [0.2, 0.25) is 0 Å². The minimum absolute atomic E-state index is 0.494. The van der Waals surface area contributed by atoms with Gasteiger partial charge in [-0.2, -0.15) is 0 Å². The quantitative estimate of drug-likeness (QED) is 0.710. The topological polar surface area (TPSA) is 51.8 Å². The Balaban J connectivity index is 2.48. The van der Waals surface area contributed by atoms with Gasteiger partial charge < -0.3 is 5.73 Å². The molecule has 64 valence electrons. The van der Waals surface area contributed by atoms with Crippen LogP contribution in [0.3, 0.4) is 0 Å². The molecule has 1 aromatic heterocycles. The van der Waals surface area contributed by atoms with Crippen LogP contribution in [0.5, 0.6) is 0 Å². The minimum Gasteiger partial charge on any atom is -0.384 e. The highest BCUT2D eigenvalue weighted by molar-refractivity contribution is 5.55. The number of hydrogen-bond donors (Lipinski definition) is 1. The maximum absolute atomic E-state index is 5.54. The van der Waals surface area contributed by atoms with Crippen molar-refractivity contribution in [1.82, 2.24) is 9.97 Å². The lowest BCUT2D eigenvalue weighted by Crippen LogP contribution is -1.93. The van der Waals surface area contributed by atoms with Crippen molar-refractivity contribution >= 4 is 5.82 Å². The molecule has 0 radical (unpaired) electrons. The summed E-state index contributed by atoms with van der Waals surface area (Å²) in [7, 11) is 0. The van der Waals surface area contributed by atoms with Gasteiger partial charge in [0.15, 0.2) is 5.82 Å². The van der Waals surface area contributed by atoms with Gasteiger partial charge >= 0.3 is 0 Å². The van der Waals surface area contributed by atoms with E-state index in [1.54, 1.807) is 12.3 Å². The lowest BCUT2D eigenvalue weighted by atomic mass is 10.2. The van der Waals surface area contributed by atoms with Gasteiger partial charge in [-0.1, -0.05) is 30.3 Å². The fourth-order valence-electron chi connectivity index (χ4n) is 1.10. The third kappa shape index (κ3) is 1.64. The van der Waals surface area contributed by atoms with Gasteiger partial charge in [-0.25, -0.2) is 9.97 Å². The van der Waals surface area contributed by atoms with Gasteiger partial charge in [-0.05, 0) is 6.07 Å². The highest BCUT2D eigenvalue weighted by Gasteiger charge is 1.98. The molecule has 0 atom stereocenters. The van der Waals surface area contributed by atoms with Crippen LogP contribution in [0.4, 0.5) is 5.82 Å². The summed E-state index contributed by atoms with van der Waals surface area (Å²) >= 11 is 0. The summed E-state index contributed by atoms with van der Waals surface area (Å²) in [6.45, 7) is 0. The molecule has 2 aromatic rings. The largest absolute Gasteiger partial charge is 0.384 e. The van der Waals surface area contributed by atoms with Crippen molar-refractivity contribution in [2.24, 2.45) is 0 Å². The van der Waals surface area contributed by atoms with Gasteiger partial charge in [0.1, 0.15) is 5.82 Å². The van der Waals surface area contributed by atoms with Crippen LogP contribution in [-0.4, -0.2) is 9.97 Å². The zero-order valence-electron chi connectivity index (χ0n) is 7.01. The summed E-state index contributed by atoms with van der Waals surface area (Å²) < 4.78 is 0. The monoisotopic (exact) mass is 171 g/mol. The number of nitrogens with two attached hydrogens (primary N) is 1. The van der Waals surface area contributed by atoms with Gasteiger partial charge in [-0.15, -0.1) is 0 Å². The summed E-state index contributed by atoms with van der Waals surface area (Å²) in [5.74, 6) is 1.16. The second-order valence-electron chi connectivity index (χ2n) is 2.67. The maximum atomic E-state index is 5.54. The van der Waals surface area contributed by atoms with Crippen LogP contribution in [0.15, 0.2) is 42.6 Å². The van der Waals surface area contributed by atoms with Gasteiger partial charge in [0.25, 0.3) is 0 Å². The molecular formula is C10H9N3. The van der Waals surface area contributed by atoms with E-state index in [1.807, 2.05) is 30.3 Å². The normalized spacial score (nSPS) is 9.85. The Kier molecular flexibility index (Phi) is 1.92. The third-order valence-corrected chi connectivity index (χ3v) is 1.71. The first-order valence-corrected chi connectivity index (χ1v) is 4.00. The molecule has 13 heavy (non-hydrogen) atoms. The summed E-state index contributed by atoms with van der Waals surface area (Å²) in [6, 6.07) is 11.4. The van der Waals surface area contributed by atoms with Crippen LogP contribution in [0, 0.1) is 0 Å². The lowest BCUT2D eigenvalue weighted by Gasteiger charge is -1.98. The highest BCUT2D eigenvalue weighted by atomic mass is 14.9. The lowest BCUT2D eigenvalue weighted by molar-refractivity contribution is 1.18. The number of aromatic nitrogens is 2. The first kappa shape index (κ1) is 7.73. The minimum atomic E-state index is 0.494. The predicted molar refractivity (Wildman–Crippen MR) is 51.9 cm³/mol. The molecule has 0 spiro atoms. The molecule has 3 heteroatoms. The fourth-order valence-corrected chi connectivity index (χ4v) is 1.10. The van der Waals surface area contributed by atoms with Crippen molar-refractivity contribution in [2.75, 3.05) is 5.73 Å². The molecule has 2 N–H and O–H groups in total. The van der Waals surface area contributed by atoms with Crippen molar-refractivity contribution in [3.8, 4) is 11.4 Å². The van der Waals surface area contributed by atoms with Crippen molar-refractivity contribution in [2.45, 2.75) is 0 Å². The van der Waals surface area contributed by atoms with E-state index in [2.05, 4.69) is 9.97 Å². The van der Waals surface area contributed by atoms with Crippen LogP contribution < -0.4 is 5.73 Å². The molecule has 0 saturated carbocycles. The molecule has 0 aliphatic rings. The van der Waals surface area contributed by atoms with Gasteiger partial charge in [0, 0.05) is 11.8 Å². The van der Waals surface area contributed by atoms with Crippen molar-refractivity contribution in [3.05, 3.63) is 42.6 Å². The van der Waals surface area contributed by atoms with Crippen LogP contribution in [0.25, 0.3) is 11.4 Å². The Labute approximate surface area is 76.3 Å². The van der Waals surface area contributed by atoms with Gasteiger partial charge in [0.05, 0.1) is 0 Å². The SMILES string of the molecule is Nc1ccnc(-c2ccccc2)n1. The third-order valence-electron chi connectivity index (χ3n) is 1.71. The number of nitrogen functional groups attached to an aromatic ring is 1. The first-order chi connectivity index (χ1) is 6.36. The van der Waals surface area contributed by atoms with Gasteiger partial charge in [0.2, 0.25) is 0 Å². The summed E-state index contributed by atoms with van der Waals surface area (Å²) in [4.78, 5) is 8.23. The molecular weight excluding hydrogens is 162 g/mol. The second kappa shape index (κ2) is 3.23. The van der Waals surface area contributed by atoms with E-state index in [0.717, 1.165) is 5.56 Å². The standard InChI is InChI=1S/C10H9N3/c11-9-6-7-12-10(13-9)8-4-2-1-3-5-8/h1-7H,(H2,11,12,13). The number of nitrogens with zero attached hydrogens (tertiary/aromatic N) is 2. The Bertz CT molecular complexity index is 398. The molecule has 2 rings (SSSR count). The molecule has 0 bridgehead atoms. The molecule has 0 amide bonds. The Morgan fingerprint density at radius 2 is 1.77 bits per heavy atom. The maximum Gasteiger partial charge on any atom is 0.161 e.